The van der Waals surface area contributed by atoms with Gasteiger partial charge < -0.3 is 16.1 Å². The molecule has 2 rings (SSSR count). The van der Waals surface area contributed by atoms with E-state index in [1.807, 2.05) is 12.1 Å². The Morgan fingerprint density at radius 2 is 1.74 bits per heavy atom. The van der Waals surface area contributed by atoms with E-state index in [4.69, 9.17) is 39.9 Å². The van der Waals surface area contributed by atoms with Gasteiger partial charge in [0.2, 0.25) is 16.5 Å². The molecule has 120 valence electrons. The quantitative estimate of drug-likeness (QED) is 0.706. The number of benzene rings is 1. The molecule has 0 radical (unpaired) electrons. The molecule has 0 unspecified atom stereocenters. The maximum Gasteiger partial charge on any atom is 1.00 e. The molecule has 2 N–H and O–H groups in total. The van der Waals surface area contributed by atoms with Gasteiger partial charge in [0.15, 0.2) is 0 Å². The Hall–Kier alpha value is -0.380. The fourth-order valence-corrected chi connectivity index (χ4v) is 1.68. The molecule has 0 saturated carbocycles. The van der Waals surface area contributed by atoms with Crippen molar-refractivity contribution in [2.24, 2.45) is 0 Å². The molecule has 0 amide bonds. The van der Waals surface area contributed by atoms with E-state index in [1.165, 1.54) is 0 Å². The normalized spacial score (nSPS) is 9.09. The molecule has 0 fully saturated rings. The maximum absolute atomic E-state index is 9.58. The Balaban J connectivity index is 0. The molecule has 23 heavy (non-hydrogen) atoms. The first kappa shape index (κ1) is 22.6. The maximum atomic E-state index is 9.58. The van der Waals surface area contributed by atoms with Gasteiger partial charge in [-0.25, -0.2) is 4.79 Å². The van der Waals surface area contributed by atoms with Gasteiger partial charge in [-0.05, 0) is 35.3 Å². The van der Waals surface area contributed by atoms with E-state index in [1.54, 1.807) is 12.1 Å². The summed E-state index contributed by atoms with van der Waals surface area (Å²) in [5.74, 6) is -0.588. The van der Waals surface area contributed by atoms with Crippen LogP contribution < -0.4 is 34.9 Å². The third kappa shape index (κ3) is 8.88. The van der Waals surface area contributed by atoms with Crippen molar-refractivity contribution in [1.82, 2.24) is 15.0 Å². The molecule has 1 aromatic heterocycles. The number of anilines is 2. The van der Waals surface area contributed by atoms with Gasteiger partial charge in [-0.1, -0.05) is 23.7 Å². The molecule has 0 saturated heterocycles. The average molecular weight is 410 g/mol. The molecule has 1 heterocycles. The molecule has 0 atom stereocenters. The van der Waals surface area contributed by atoms with Gasteiger partial charge >= 0.3 is 35.5 Å². The van der Waals surface area contributed by atoms with Gasteiger partial charge in [-0.15, -0.1) is 0 Å². The number of rotatable bonds is 3. The molecule has 0 aliphatic carbocycles. The van der Waals surface area contributed by atoms with Crippen LogP contribution in [0.5, 0.6) is 0 Å². The monoisotopic (exact) mass is 408 g/mol. The van der Waals surface area contributed by atoms with Gasteiger partial charge in [-0.2, -0.15) is 15.0 Å². The van der Waals surface area contributed by atoms with Crippen LogP contribution in [-0.4, -0.2) is 32.6 Å². The minimum atomic E-state index is -0.836. The number of aromatic nitrogens is 3. The number of nitrogens with one attached hydrogen (secondary N) is 1. The minimum Gasteiger partial charge on any atom is -1.00 e. The third-order valence-corrected chi connectivity index (χ3v) is 2.76. The van der Waals surface area contributed by atoms with Crippen molar-refractivity contribution < 1.29 is 45.2 Å². The Kier molecular flexibility index (Phi) is 11.9. The van der Waals surface area contributed by atoms with E-state index in [2.05, 4.69) is 36.4 Å². The fraction of sp³-hybridized carbons (Fsp3) is 0.0909. The largest absolute Gasteiger partial charge is 1.00 e. The summed E-state index contributed by atoms with van der Waals surface area (Å²) in [4.78, 5) is 20.9. The van der Waals surface area contributed by atoms with Crippen molar-refractivity contribution in [3.8, 4) is 0 Å². The number of aliphatic hydroxyl groups is 1. The number of aliphatic hydroxyl groups excluding tert-OH is 1. The molecule has 0 bridgehead atoms. The second kappa shape index (κ2) is 12.0. The zero-order valence-electron chi connectivity index (χ0n) is 12.6. The number of hydrogen-bond donors (Lipinski definition) is 2. The zero-order valence-corrected chi connectivity index (χ0v) is 16.7. The molecule has 12 heteroatoms. The molecule has 0 spiro atoms. The van der Waals surface area contributed by atoms with E-state index in [0.29, 0.717) is 10.7 Å². The number of hydrogen-bond acceptors (Lipinski definition) is 7. The summed E-state index contributed by atoms with van der Waals surface area (Å²) in [7, 11) is 0. The number of carbonyl (C=O) groups is 1. The van der Waals surface area contributed by atoms with E-state index < -0.39 is 12.6 Å². The zero-order chi connectivity index (χ0) is 16.5. The van der Waals surface area contributed by atoms with Crippen LogP contribution in [0.2, 0.25) is 15.6 Å². The summed E-state index contributed by atoms with van der Waals surface area (Å²) >= 11 is 21.7. The van der Waals surface area contributed by atoms with E-state index in [0.717, 1.165) is 0 Å². The van der Waals surface area contributed by atoms with Crippen LogP contribution in [0.15, 0.2) is 24.3 Å². The number of para-hydroxylation sites is 1. The van der Waals surface area contributed by atoms with Crippen LogP contribution in [-0.2, 0) is 9.08 Å². The molecular weight excluding hydrogens is 401 g/mol. The summed E-state index contributed by atoms with van der Waals surface area (Å²) in [6, 6.07) is 7.18. The summed E-state index contributed by atoms with van der Waals surface area (Å²) < 4.78 is 3.48. The topological polar surface area (TPSA) is 97.2 Å². The second-order valence-corrected chi connectivity index (χ2v) is 4.65. The SMILES string of the molecule is Clc1nc(Cl)nc(Nc2ccccc2Cl)n1.O=C(CO)OCl.[H-].[Na+]. The summed E-state index contributed by atoms with van der Waals surface area (Å²) in [5, 5.41) is 11.3. The minimum absolute atomic E-state index is 0. The fourth-order valence-electron chi connectivity index (χ4n) is 1.09. The number of nitrogens with zero attached hydrogens (tertiary/aromatic N) is 3. The standard InChI is InChI=1S/C9H5Cl3N4.C2H3ClO3.Na.H/c10-5-3-1-2-4-6(5)13-9-15-7(11)14-8(12)16-9;3-6-2(5)1-4;;/h1-4H,(H,13,14,15,16);4H,1H2;;/q;;+1;-1. The number of carbonyl (C=O) groups excluding carboxylic acids is 1. The molecular formula is C11H9Cl4N4NaO3. The van der Waals surface area contributed by atoms with Crippen molar-refractivity contribution in [3.63, 3.8) is 0 Å². The van der Waals surface area contributed by atoms with E-state index in [9.17, 15) is 4.79 Å². The van der Waals surface area contributed by atoms with Gasteiger partial charge in [0, 0.05) is 0 Å². The summed E-state index contributed by atoms with van der Waals surface area (Å²) in [5.41, 5.74) is 0.669. The molecule has 0 aliphatic rings. The first-order valence-electron chi connectivity index (χ1n) is 5.47. The van der Waals surface area contributed by atoms with Gasteiger partial charge in [0.05, 0.1) is 10.7 Å². The summed E-state index contributed by atoms with van der Waals surface area (Å²) in [6.07, 6.45) is 0. The van der Waals surface area contributed by atoms with Crippen molar-refractivity contribution in [1.29, 1.82) is 0 Å². The van der Waals surface area contributed by atoms with Crippen LogP contribution in [0.3, 0.4) is 0 Å². The first-order chi connectivity index (χ1) is 10.5. The van der Waals surface area contributed by atoms with Gasteiger partial charge in [-0.3, -0.25) is 0 Å². The predicted octanol–water partition coefficient (Wildman–Crippen LogP) is 0.368. The molecule has 0 aliphatic heterocycles. The van der Waals surface area contributed by atoms with Crippen molar-refractivity contribution in [3.05, 3.63) is 39.9 Å². The van der Waals surface area contributed by atoms with Gasteiger partial charge in [0.25, 0.3) is 0 Å². The van der Waals surface area contributed by atoms with Crippen LogP contribution in [0.1, 0.15) is 1.43 Å². The second-order valence-electron chi connectivity index (χ2n) is 3.41. The Bertz CT molecular complexity index is 630. The van der Waals surface area contributed by atoms with Crippen molar-refractivity contribution >= 4 is 64.3 Å². The Labute approximate surface area is 175 Å². The van der Waals surface area contributed by atoms with Crippen molar-refractivity contribution in [2.45, 2.75) is 0 Å². The van der Waals surface area contributed by atoms with E-state index >= 15 is 0 Å². The first-order valence-corrected chi connectivity index (χ1v) is 6.91. The Morgan fingerprint density at radius 3 is 2.17 bits per heavy atom. The molecule has 7 nitrogen and oxygen atoms in total. The number of halogens is 4. The van der Waals surface area contributed by atoms with Gasteiger partial charge in [0.1, 0.15) is 18.5 Å². The third-order valence-electron chi connectivity index (χ3n) is 1.92. The molecule has 2 aromatic rings. The van der Waals surface area contributed by atoms with Crippen LogP contribution in [0, 0.1) is 0 Å². The van der Waals surface area contributed by atoms with Crippen molar-refractivity contribution in [2.75, 3.05) is 11.9 Å². The van der Waals surface area contributed by atoms with Crippen LogP contribution in [0.25, 0.3) is 0 Å². The van der Waals surface area contributed by atoms with Crippen LogP contribution >= 0.6 is 46.7 Å². The smallest absolute Gasteiger partial charge is 1.00 e. The summed E-state index contributed by atoms with van der Waals surface area (Å²) in [6.45, 7) is -0.663. The Morgan fingerprint density at radius 1 is 1.17 bits per heavy atom. The molecule has 1 aromatic carbocycles. The van der Waals surface area contributed by atoms with Crippen LogP contribution in [0.4, 0.5) is 11.6 Å². The predicted molar refractivity (Wildman–Crippen MR) is 84.7 cm³/mol. The van der Waals surface area contributed by atoms with E-state index in [-0.39, 0.29) is 47.5 Å². The average Bonchev–Trinajstić information content (AvgIpc) is 2.48.